The van der Waals surface area contributed by atoms with Crippen molar-refractivity contribution < 1.29 is 19.4 Å². The molecule has 2 heterocycles. The lowest BCUT2D eigenvalue weighted by Gasteiger charge is -2.26. The maximum atomic E-state index is 12.2. The summed E-state index contributed by atoms with van der Waals surface area (Å²) in [6.45, 7) is 2.91. The number of carbonyl (C=O) groups is 1. The first-order chi connectivity index (χ1) is 11.6. The summed E-state index contributed by atoms with van der Waals surface area (Å²) in [4.78, 5) is 12.2. The van der Waals surface area contributed by atoms with E-state index in [0.29, 0.717) is 48.1 Å². The molecule has 132 valence electrons. The zero-order valence-corrected chi connectivity index (χ0v) is 14.3. The number of fused-ring (bicyclic) bond motifs is 1. The summed E-state index contributed by atoms with van der Waals surface area (Å²) in [5, 5.41) is 17.1. The van der Waals surface area contributed by atoms with Crippen molar-refractivity contribution in [2.45, 2.75) is 31.3 Å². The fourth-order valence-electron chi connectivity index (χ4n) is 3.03. The highest BCUT2D eigenvalue weighted by Crippen LogP contribution is 2.35. The molecule has 1 aromatic rings. The molecule has 0 bridgehead atoms. The molecule has 24 heavy (non-hydrogen) atoms. The average Bonchev–Trinajstić information content (AvgIpc) is 2.79. The maximum Gasteiger partial charge on any atom is 0.224 e. The quantitative estimate of drug-likeness (QED) is 0.759. The Morgan fingerprint density at radius 2 is 2.00 bits per heavy atom. The maximum absolute atomic E-state index is 12.2. The van der Waals surface area contributed by atoms with Gasteiger partial charge in [0.1, 0.15) is 13.2 Å². The molecule has 0 saturated carbocycles. The first kappa shape index (κ1) is 17.3. The van der Waals surface area contributed by atoms with Gasteiger partial charge in [0.15, 0.2) is 11.5 Å². The van der Waals surface area contributed by atoms with Crippen LogP contribution < -0.4 is 20.1 Å². The second-order valence-electron chi connectivity index (χ2n) is 6.37. The van der Waals surface area contributed by atoms with Crippen LogP contribution in [0.1, 0.15) is 24.8 Å². The Balaban J connectivity index is 1.58. The third-order valence-electron chi connectivity index (χ3n) is 4.44. The predicted molar refractivity (Wildman–Crippen MR) is 90.8 cm³/mol. The number of benzene rings is 1. The van der Waals surface area contributed by atoms with Crippen molar-refractivity contribution in [3.05, 3.63) is 22.7 Å². The summed E-state index contributed by atoms with van der Waals surface area (Å²) in [6.07, 6.45) is 2.37. The lowest BCUT2D eigenvalue weighted by molar-refractivity contribution is -0.121. The van der Waals surface area contributed by atoms with Crippen LogP contribution in [0.3, 0.4) is 0 Å². The molecule has 6 nitrogen and oxygen atoms in total. The highest BCUT2D eigenvalue weighted by Gasteiger charge is 2.28. The van der Waals surface area contributed by atoms with Gasteiger partial charge in [0.05, 0.1) is 12.0 Å². The molecule has 2 aliphatic rings. The Morgan fingerprint density at radius 1 is 1.25 bits per heavy atom. The van der Waals surface area contributed by atoms with Crippen LogP contribution >= 0.6 is 11.6 Å². The SMILES string of the molecule is O=C(Cc1cc2c(cc1Cl)OCCO2)NC[C@]1(O)CCCNCC1. The van der Waals surface area contributed by atoms with Crippen molar-refractivity contribution in [1.82, 2.24) is 10.6 Å². The topological polar surface area (TPSA) is 79.8 Å². The standard InChI is InChI=1S/C17H23ClN2O4/c18-13-10-15-14(23-6-7-24-15)8-12(13)9-16(21)20-11-17(22)2-1-4-19-5-3-17/h8,10,19,22H,1-7,9,11H2,(H,20,21)/t17-/m0/s1. The van der Waals surface area contributed by atoms with Crippen molar-refractivity contribution in [3.63, 3.8) is 0 Å². The molecular weight excluding hydrogens is 332 g/mol. The molecule has 0 aromatic heterocycles. The van der Waals surface area contributed by atoms with E-state index in [1.54, 1.807) is 12.1 Å². The van der Waals surface area contributed by atoms with E-state index in [1.807, 2.05) is 0 Å². The minimum atomic E-state index is -0.838. The van der Waals surface area contributed by atoms with Crippen LogP contribution in [0.5, 0.6) is 11.5 Å². The fraction of sp³-hybridized carbons (Fsp3) is 0.588. The third-order valence-corrected chi connectivity index (χ3v) is 4.79. The molecule has 1 amide bonds. The van der Waals surface area contributed by atoms with Crippen LogP contribution in [0.2, 0.25) is 5.02 Å². The van der Waals surface area contributed by atoms with Gasteiger partial charge in [0.25, 0.3) is 0 Å². The Bertz CT molecular complexity index is 600. The average molecular weight is 355 g/mol. The molecule has 3 N–H and O–H groups in total. The first-order valence-corrected chi connectivity index (χ1v) is 8.71. The number of nitrogens with one attached hydrogen (secondary N) is 2. The van der Waals surface area contributed by atoms with Crippen molar-refractivity contribution in [2.75, 3.05) is 32.8 Å². The normalized spacial score (nSPS) is 23.4. The van der Waals surface area contributed by atoms with E-state index in [0.717, 1.165) is 19.5 Å². The highest BCUT2D eigenvalue weighted by molar-refractivity contribution is 6.31. The van der Waals surface area contributed by atoms with Crippen molar-refractivity contribution >= 4 is 17.5 Å². The summed E-state index contributed by atoms with van der Waals surface area (Å²) < 4.78 is 11.0. The number of carbonyl (C=O) groups excluding carboxylic acids is 1. The molecule has 2 aliphatic heterocycles. The molecule has 0 radical (unpaired) electrons. The monoisotopic (exact) mass is 354 g/mol. The molecule has 1 atom stereocenters. The van der Waals surface area contributed by atoms with Gasteiger partial charge in [0, 0.05) is 17.6 Å². The van der Waals surface area contributed by atoms with Crippen LogP contribution in [0.4, 0.5) is 0 Å². The molecule has 7 heteroatoms. The van der Waals surface area contributed by atoms with E-state index in [4.69, 9.17) is 21.1 Å². The van der Waals surface area contributed by atoms with Gasteiger partial charge in [0.2, 0.25) is 5.91 Å². The summed E-state index contributed by atoms with van der Waals surface area (Å²) in [5.41, 5.74) is -0.150. The smallest absolute Gasteiger partial charge is 0.224 e. The van der Waals surface area contributed by atoms with E-state index in [2.05, 4.69) is 10.6 Å². The van der Waals surface area contributed by atoms with Crippen LogP contribution in [-0.2, 0) is 11.2 Å². The van der Waals surface area contributed by atoms with Crippen LogP contribution in [0, 0.1) is 0 Å². The minimum Gasteiger partial charge on any atom is -0.486 e. The molecule has 1 saturated heterocycles. The molecule has 1 fully saturated rings. The third kappa shape index (κ3) is 4.32. The zero-order valence-electron chi connectivity index (χ0n) is 13.6. The highest BCUT2D eigenvalue weighted by atomic mass is 35.5. The zero-order chi connectivity index (χ0) is 17.0. The number of hydrogen-bond donors (Lipinski definition) is 3. The van der Waals surface area contributed by atoms with Crippen molar-refractivity contribution in [1.29, 1.82) is 0 Å². The van der Waals surface area contributed by atoms with E-state index >= 15 is 0 Å². The predicted octanol–water partition coefficient (Wildman–Crippen LogP) is 1.27. The number of rotatable bonds is 4. The van der Waals surface area contributed by atoms with Gasteiger partial charge in [-0.25, -0.2) is 0 Å². The Morgan fingerprint density at radius 3 is 2.79 bits per heavy atom. The fourth-order valence-corrected chi connectivity index (χ4v) is 3.25. The van der Waals surface area contributed by atoms with Gasteiger partial charge in [-0.2, -0.15) is 0 Å². The number of halogens is 1. The van der Waals surface area contributed by atoms with E-state index in [-0.39, 0.29) is 18.9 Å². The van der Waals surface area contributed by atoms with Gasteiger partial charge >= 0.3 is 0 Å². The molecule has 0 spiro atoms. The van der Waals surface area contributed by atoms with Crippen LogP contribution in [-0.4, -0.2) is 49.5 Å². The van der Waals surface area contributed by atoms with Gasteiger partial charge in [-0.3, -0.25) is 4.79 Å². The molecule has 0 unspecified atom stereocenters. The number of hydrogen-bond acceptors (Lipinski definition) is 5. The van der Waals surface area contributed by atoms with E-state index in [1.165, 1.54) is 0 Å². The Kier molecular flexibility index (Phi) is 5.48. The van der Waals surface area contributed by atoms with E-state index in [9.17, 15) is 9.90 Å². The van der Waals surface area contributed by atoms with Gasteiger partial charge < -0.3 is 25.2 Å². The van der Waals surface area contributed by atoms with Crippen LogP contribution in [0.25, 0.3) is 0 Å². The molecule has 0 aliphatic carbocycles. The van der Waals surface area contributed by atoms with Gasteiger partial charge in [-0.15, -0.1) is 0 Å². The number of aliphatic hydroxyl groups is 1. The lowest BCUT2D eigenvalue weighted by Crippen LogP contribution is -2.43. The molecule has 1 aromatic carbocycles. The summed E-state index contributed by atoms with van der Waals surface area (Å²) >= 11 is 6.23. The summed E-state index contributed by atoms with van der Waals surface area (Å²) in [7, 11) is 0. The molecular formula is C17H23ClN2O4. The summed E-state index contributed by atoms with van der Waals surface area (Å²) in [6, 6.07) is 3.43. The largest absolute Gasteiger partial charge is 0.486 e. The summed E-state index contributed by atoms with van der Waals surface area (Å²) in [5.74, 6) is 1.05. The second kappa shape index (κ2) is 7.59. The second-order valence-corrected chi connectivity index (χ2v) is 6.78. The number of ether oxygens (including phenoxy) is 2. The van der Waals surface area contributed by atoms with Crippen molar-refractivity contribution in [3.8, 4) is 11.5 Å². The first-order valence-electron chi connectivity index (χ1n) is 8.34. The van der Waals surface area contributed by atoms with Crippen molar-refractivity contribution in [2.24, 2.45) is 0 Å². The Hall–Kier alpha value is -1.50. The van der Waals surface area contributed by atoms with Gasteiger partial charge in [-0.1, -0.05) is 11.6 Å². The molecule has 3 rings (SSSR count). The Labute approximate surface area is 146 Å². The van der Waals surface area contributed by atoms with Gasteiger partial charge in [-0.05, 0) is 44.0 Å². The lowest BCUT2D eigenvalue weighted by atomic mass is 9.95. The van der Waals surface area contributed by atoms with Crippen LogP contribution in [0.15, 0.2) is 12.1 Å². The minimum absolute atomic E-state index is 0.143. The van der Waals surface area contributed by atoms with E-state index < -0.39 is 5.60 Å². The number of amides is 1.